The lowest BCUT2D eigenvalue weighted by Gasteiger charge is -2.10. The average molecular weight is 459 g/mol. The van der Waals surface area contributed by atoms with E-state index < -0.39 is 0 Å². The van der Waals surface area contributed by atoms with Crippen LogP contribution in [0.25, 0.3) is 0 Å². The first-order chi connectivity index (χ1) is 16.5. The van der Waals surface area contributed by atoms with Gasteiger partial charge in [0.05, 0.1) is 24.7 Å². The molecule has 0 bridgehead atoms. The molecule has 2 amide bonds. The summed E-state index contributed by atoms with van der Waals surface area (Å²) in [7, 11) is 1.64. The molecule has 0 fully saturated rings. The summed E-state index contributed by atoms with van der Waals surface area (Å²) in [5.41, 5.74) is 3.12. The Morgan fingerprint density at radius 3 is 2.59 bits per heavy atom. The molecule has 0 aliphatic rings. The number of anilines is 1. The van der Waals surface area contributed by atoms with Gasteiger partial charge in [0, 0.05) is 12.6 Å². The van der Waals surface area contributed by atoms with Gasteiger partial charge in [-0.05, 0) is 53.9 Å². The first-order valence-electron chi connectivity index (χ1n) is 11.0. The number of hydrogen-bond acceptors (Lipinski definition) is 5. The Labute approximate surface area is 197 Å². The maximum atomic E-state index is 12.9. The highest BCUT2D eigenvalue weighted by molar-refractivity contribution is 6.08. The summed E-state index contributed by atoms with van der Waals surface area (Å²) < 4.78 is 12.5. The average Bonchev–Trinajstić information content (AvgIpc) is 3.51. The lowest BCUT2D eigenvalue weighted by Crippen LogP contribution is -2.26. The normalized spacial score (nSPS) is 10.6. The molecule has 34 heavy (non-hydrogen) atoms. The number of rotatable bonds is 9. The Morgan fingerprint density at radius 1 is 1.03 bits per heavy atom. The fourth-order valence-electron chi connectivity index (χ4n) is 3.45. The summed E-state index contributed by atoms with van der Waals surface area (Å²) in [6.45, 7) is 2.67. The van der Waals surface area contributed by atoms with Crippen molar-refractivity contribution in [1.29, 1.82) is 0 Å². The van der Waals surface area contributed by atoms with Gasteiger partial charge >= 0.3 is 0 Å². The van der Waals surface area contributed by atoms with Crippen LogP contribution in [0.15, 0.2) is 77.5 Å². The topological polar surface area (TPSA) is 98.4 Å². The van der Waals surface area contributed by atoms with E-state index in [0.29, 0.717) is 23.6 Å². The number of furan rings is 1. The van der Waals surface area contributed by atoms with E-state index in [1.165, 1.54) is 16.4 Å². The number of ether oxygens (including phenoxy) is 1. The monoisotopic (exact) mass is 458 g/mol. The van der Waals surface area contributed by atoms with Gasteiger partial charge in [-0.15, -0.1) is 0 Å². The molecule has 8 nitrogen and oxygen atoms in total. The Kier molecular flexibility index (Phi) is 7.07. The van der Waals surface area contributed by atoms with E-state index in [9.17, 15) is 9.59 Å². The highest BCUT2D eigenvalue weighted by Crippen LogP contribution is 2.18. The van der Waals surface area contributed by atoms with Gasteiger partial charge in [0.1, 0.15) is 23.8 Å². The van der Waals surface area contributed by atoms with Crippen molar-refractivity contribution >= 4 is 17.5 Å². The van der Waals surface area contributed by atoms with Crippen molar-refractivity contribution in [1.82, 2.24) is 15.1 Å². The Hall–Kier alpha value is -4.33. The van der Waals surface area contributed by atoms with Crippen molar-refractivity contribution in [2.75, 3.05) is 5.32 Å². The lowest BCUT2D eigenvalue weighted by atomic mass is 10.1. The molecule has 174 valence electrons. The van der Waals surface area contributed by atoms with E-state index in [0.717, 1.165) is 17.7 Å². The molecule has 0 radical (unpaired) electrons. The first kappa shape index (κ1) is 22.8. The van der Waals surface area contributed by atoms with Crippen LogP contribution in [0.5, 0.6) is 5.75 Å². The van der Waals surface area contributed by atoms with Crippen LogP contribution in [0.1, 0.15) is 44.7 Å². The number of nitrogens with one attached hydrogen (secondary N) is 2. The number of amides is 2. The smallest absolute Gasteiger partial charge is 0.272 e. The van der Waals surface area contributed by atoms with Crippen LogP contribution < -0.4 is 15.4 Å². The lowest BCUT2D eigenvalue weighted by molar-refractivity contribution is 0.0939. The SMILES string of the molecule is CCc1ccc(OCc2cccc(C(=O)Nc3cnn(C)c3C(=O)NCc3ccco3)c2)cc1. The van der Waals surface area contributed by atoms with Crippen molar-refractivity contribution in [3.05, 3.63) is 101 Å². The van der Waals surface area contributed by atoms with Crippen molar-refractivity contribution < 1.29 is 18.7 Å². The van der Waals surface area contributed by atoms with Gasteiger partial charge in [-0.1, -0.05) is 31.2 Å². The highest BCUT2D eigenvalue weighted by atomic mass is 16.5. The van der Waals surface area contributed by atoms with E-state index in [-0.39, 0.29) is 24.1 Å². The molecule has 0 aliphatic heterocycles. The van der Waals surface area contributed by atoms with E-state index in [4.69, 9.17) is 9.15 Å². The molecule has 2 heterocycles. The molecule has 0 aliphatic carbocycles. The Bertz CT molecular complexity index is 1260. The maximum Gasteiger partial charge on any atom is 0.272 e. The van der Waals surface area contributed by atoms with E-state index >= 15 is 0 Å². The van der Waals surface area contributed by atoms with Crippen LogP contribution in [-0.4, -0.2) is 21.6 Å². The van der Waals surface area contributed by atoms with Gasteiger partial charge in [-0.25, -0.2) is 0 Å². The van der Waals surface area contributed by atoms with Crippen molar-refractivity contribution in [2.45, 2.75) is 26.5 Å². The number of hydrogen-bond donors (Lipinski definition) is 2. The number of carbonyl (C=O) groups excluding carboxylic acids is 2. The minimum atomic E-state index is -0.372. The third kappa shape index (κ3) is 5.53. The predicted molar refractivity (Wildman–Crippen MR) is 128 cm³/mol. The molecule has 0 atom stereocenters. The van der Waals surface area contributed by atoms with Crippen molar-refractivity contribution in [2.24, 2.45) is 7.05 Å². The number of benzene rings is 2. The first-order valence-corrected chi connectivity index (χ1v) is 11.0. The predicted octanol–water partition coefficient (Wildman–Crippen LogP) is 4.34. The zero-order chi connectivity index (χ0) is 23.9. The summed E-state index contributed by atoms with van der Waals surface area (Å²) in [5, 5.41) is 9.68. The van der Waals surface area contributed by atoms with Crippen LogP contribution in [0.4, 0.5) is 5.69 Å². The fourth-order valence-corrected chi connectivity index (χ4v) is 3.45. The molecule has 0 saturated carbocycles. The second-order valence-corrected chi connectivity index (χ2v) is 7.73. The summed E-state index contributed by atoms with van der Waals surface area (Å²) in [6.07, 6.45) is 3.97. The standard InChI is InChI=1S/C26H26N4O4/c1-3-18-9-11-21(12-10-18)34-17-19-6-4-7-20(14-19)25(31)29-23-16-28-30(2)24(23)26(32)27-15-22-8-5-13-33-22/h4-14,16H,3,15,17H2,1-2H3,(H,27,32)(H,29,31). The summed E-state index contributed by atoms with van der Waals surface area (Å²) in [5.74, 6) is 0.680. The van der Waals surface area contributed by atoms with Crippen LogP contribution in [0.3, 0.4) is 0 Å². The van der Waals surface area contributed by atoms with Crippen molar-refractivity contribution in [3.8, 4) is 5.75 Å². The third-order valence-electron chi connectivity index (χ3n) is 5.33. The molecule has 0 unspecified atom stereocenters. The zero-order valence-electron chi connectivity index (χ0n) is 19.1. The molecule has 4 aromatic rings. The van der Waals surface area contributed by atoms with Crippen LogP contribution in [0.2, 0.25) is 0 Å². The zero-order valence-corrected chi connectivity index (χ0v) is 19.1. The molecule has 0 saturated heterocycles. The Morgan fingerprint density at radius 2 is 1.85 bits per heavy atom. The Balaban J connectivity index is 1.40. The summed E-state index contributed by atoms with van der Waals surface area (Å²) >= 11 is 0. The molecular weight excluding hydrogens is 432 g/mol. The number of aromatic nitrogens is 2. The molecule has 8 heteroatoms. The maximum absolute atomic E-state index is 12.9. The van der Waals surface area contributed by atoms with Gasteiger partial charge in [0.15, 0.2) is 0 Å². The van der Waals surface area contributed by atoms with Crippen LogP contribution >= 0.6 is 0 Å². The minimum absolute atomic E-state index is 0.230. The van der Waals surface area contributed by atoms with Crippen LogP contribution in [0, 0.1) is 0 Å². The molecule has 4 rings (SSSR count). The van der Waals surface area contributed by atoms with E-state index in [1.807, 2.05) is 30.3 Å². The quantitative estimate of drug-likeness (QED) is 0.389. The molecule has 2 aromatic carbocycles. The van der Waals surface area contributed by atoms with E-state index in [2.05, 4.69) is 22.7 Å². The molecule has 0 spiro atoms. The van der Waals surface area contributed by atoms with Gasteiger partial charge in [-0.3, -0.25) is 14.3 Å². The molecular formula is C26H26N4O4. The van der Waals surface area contributed by atoms with Gasteiger partial charge in [0.25, 0.3) is 11.8 Å². The number of carbonyl (C=O) groups is 2. The molecule has 2 aromatic heterocycles. The van der Waals surface area contributed by atoms with Crippen molar-refractivity contribution in [3.63, 3.8) is 0 Å². The molecule has 2 N–H and O–H groups in total. The third-order valence-corrected chi connectivity index (χ3v) is 5.33. The van der Waals surface area contributed by atoms with Gasteiger partial charge in [0.2, 0.25) is 0 Å². The number of aryl methyl sites for hydroxylation is 2. The van der Waals surface area contributed by atoms with Crippen LogP contribution in [-0.2, 0) is 26.6 Å². The van der Waals surface area contributed by atoms with E-state index in [1.54, 1.807) is 43.6 Å². The highest BCUT2D eigenvalue weighted by Gasteiger charge is 2.19. The van der Waals surface area contributed by atoms with Gasteiger partial charge < -0.3 is 19.8 Å². The second kappa shape index (κ2) is 10.5. The van der Waals surface area contributed by atoms with Gasteiger partial charge in [-0.2, -0.15) is 5.10 Å². The second-order valence-electron chi connectivity index (χ2n) is 7.73. The number of nitrogens with zero attached hydrogens (tertiary/aromatic N) is 2. The summed E-state index contributed by atoms with van der Waals surface area (Å²) in [6, 6.07) is 18.6. The summed E-state index contributed by atoms with van der Waals surface area (Å²) in [4.78, 5) is 25.6. The largest absolute Gasteiger partial charge is 0.489 e. The minimum Gasteiger partial charge on any atom is -0.489 e. The fraction of sp³-hybridized carbons (Fsp3) is 0.192.